The van der Waals surface area contributed by atoms with Gasteiger partial charge in [-0.2, -0.15) is 5.10 Å². The molecule has 1 aliphatic rings. The van der Waals surface area contributed by atoms with Crippen molar-refractivity contribution >= 4 is 34.4 Å². The number of aryl methyl sites for hydroxylation is 2. The minimum absolute atomic E-state index is 0.148. The molecule has 1 saturated heterocycles. The highest BCUT2D eigenvalue weighted by Gasteiger charge is 2.27. The second-order valence-electron chi connectivity index (χ2n) is 6.28. The summed E-state index contributed by atoms with van der Waals surface area (Å²) < 4.78 is 8.54. The molecule has 0 aliphatic carbocycles. The van der Waals surface area contributed by atoms with Gasteiger partial charge in [-0.1, -0.05) is 13.0 Å². The fourth-order valence-corrected chi connectivity index (χ4v) is 3.34. The third-order valence-corrected chi connectivity index (χ3v) is 4.60. The molecule has 2 aromatic heterocycles. The van der Waals surface area contributed by atoms with Crippen molar-refractivity contribution in [3.8, 4) is 0 Å². The smallest absolute Gasteiger partial charge is 0.414 e. The Hall–Kier alpha value is -3.36. The number of benzene rings is 1. The lowest BCUT2D eigenvalue weighted by Gasteiger charge is -2.15. The molecule has 3 heterocycles. The number of amides is 2. The van der Waals surface area contributed by atoms with Crippen LogP contribution in [0.1, 0.15) is 12.7 Å². The zero-order valence-corrected chi connectivity index (χ0v) is 15.2. The van der Waals surface area contributed by atoms with Gasteiger partial charge in [0.25, 0.3) is 0 Å². The quantitative estimate of drug-likeness (QED) is 0.743. The van der Waals surface area contributed by atoms with Gasteiger partial charge in [-0.25, -0.2) is 9.78 Å². The fourth-order valence-electron chi connectivity index (χ4n) is 3.34. The molecule has 140 valence electrons. The Morgan fingerprint density at radius 2 is 2.22 bits per heavy atom. The summed E-state index contributed by atoms with van der Waals surface area (Å²) in [7, 11) is 1.80. The number of anilines is 2. The van der Waals surface area contributed by atoms with E-state index in [-0.39, 0.29) is 12.5 Å². The molecule has 9 heteroatoms. The van der Waals surface area contributed by atoms with Crippen molar-refractivity contribution in [1.29, 1.82) is 0 Å². The molecule has 0 saturated carbocycles. The topological polar surface area (TPSA) is 94.3 Å². The number of fused-ring (bicyclic) bond motifs is 1. The summed E-state index contributed by atoms with van der Waals surface area (Å²) in [6.07, 6.45) is 3.81. The third kappa shape index (κ3) is 3.01. The molecule has 1 aromatic carbocycles. The van der Waals surface area contributed by atoms with Gasteiger partial charge in [0.05, 0.1) is 23.1 Å². The van der Waals surface area contributed by atoms with Crippen LogP contribution in [-0.4, -0.2) is 44.5 Å². The minimum Gasteiger partial charge on any atom is -0.447 e. The SMILES string of the molecule is CCc1nccn1CC(=O)Nc1nn(C)c2cccc(N3CCOC3=O)c12. The van der Waals surface area contributed by atoms with Crippen molar-refractivity contribution in [2.75, 3.05) is 23.4 Å². The summed E-state index contributed by atoms with van der Waals surface area (Å²) in [5, 5.41) is 8.03. The predicted octanol–water partition coefficient (Wildman–Crippen LogP) is 1.93. The van der Waals surface area contributed by atoms with E-state index in [0.717, 1.165) is 17.8 Å². The lowest BCUT2D eigenvalue weighted by Crippen LogP contribution is -2.24. The Balaban J connectivity index is 1.67. The van der Waals surface area contributed by atoms with Crippen LogP contribution < -0.4 is 10.2 Å². The number of aromatic nitrogens is 4. The summed E-state index contributed by atoms with van der Waals surface area (Å²) in [6, 6.07) is 5.58. The van der Waals surface area contributed by atoms with E-state index in [4.69, 9.17) is 4.74 Å². The molecule has 1 fully saturated rings. The molecule has 4 rings (SSSR count). The number of hydrogen-bond donors (Lipinski definition) is 1. The number of ether oxygens (including phenoxy) is 1. The van der Waals surface area contributed by atoms with Gasteiger partial charge in [-0.15, -0.1) is 0 Å². The van der Waals surface area contributed by atoms with Crippen molar-refractivity contribution in [2.24, 2.45) is 7.05 Å². The molecule has 0 atom stereocenters. The number of nitrogens with zero attached hydrogens (tertiary/aromatic N) is 5. The number of carbonyl (C=O) groups excluding carboxylic acids is 2. The molecule has 0 bridgehead atoms. The zero-order chi connectivity index (χ0) is 19.0. The maximum absolute atomic E-state index is 12.6. The van der Waals surface area contributed by atoms with E-state index in [2.05, 4.69) is 15.4 Å². The summed E-state index contributed by atoms with van der Waals surface area (Å²) in [5.74, 6) is 1.06. The Kier molecular flexibility index (Phi) is 4.27. The van der Waals surface area contributed by atoms with E-state index in [0.29, 0.717) is 30.0 Å². The number of nitrogens with one attached hydrogen (secondary N) is 1. The van der Waals surface area contributed by atoms with Crippen LogP contribution in [0.5, 0.6) is 0 Å². The van der Waals surface area contributed by atoms with E-state index >= 15 is 0 Å². The van der Waals surface area contributed by atoms with Gasteiger partial charge < -0.3 is 14.6 Å². The Morgan fingerprint density at radius 1 is 1.37 bits per heavy atom. The first-order chi connectivity index (χ1) is 13.1. The number of carbonyl (C=O) groups is 2. The van der Waals surface area contributed by atoms with Gasteiger partial charge in [-0.05, 0) is 12.1 Å². The number of rotatable bonds is 5. The molecule has 0 radical (unpaired) electrons. The van der Waals surface area contributed by atoms with E-state index < -0.39 is 6.09 Å². The molecule has 1 aliphatic heterocycles. The summed E-state index contributed by atoms with van der Waals surface area (Å²) in [5.41, 5.74) is 1.50. The molecule has 0 unspecified atom stereocenters. The first-order valence-corrected chi connectivity index (χ1v) is 8.78. The summed E-state index contributed by atoms with van der Waals surface area (Å²) in [6.45, 7) is 2.95. The van der Waals surface area contributed by atoms with E-state index in [9.17, 15) is 9.59 Å². The van der Waals surface area contributed by atoms with Crippen molar-refractivity contribution in [3.63, 3.8) is 0 Å². The molecule has 9 nitrogen and oxygen atoms in total. The van der Waals surface area contributed by atoms with Gasteiger partial charge in [0.15, 0.2) is 5.82 Å². The predicted molar refractivity (Wildman–Crippen MR) is 99.6 cm³/mol. The fraction of sp³-hybridized carbons (Fsp3) is 0.333. The highest BCUT2D eigenvalue weighted by atomic mass is 16.6. The molecule has 2 amide bonds. The third-order valence-electron chi connectivity index (χ3n) is 4.60. The highest BCUT2D eigenvalue weighted by molar-refractivity contribution is 6.09. The van der Waals surface area contributed by atoms with Crippen LogP contribution in [0.4, 0.5) is 16.3 Å². The summed E-state index contributed by atoms with van der Waals surface area (Å²) >= 11 is 0. The Labute approximate surface area is 155 Å². The van der Waals surface area contributed by atoms with E-state index in [1.165, 1.54) is 0 Å². The average molecular weight is 368 g/mol. The molecule has 3 aromatic rings. The Bertz CT molecular complexity index is 1020. The maximum Gasteiger partial charge on any atom is 0.414 e. The molecule has 27 heavy (non-hydrogen) atoms. The minimum atomic E-state index is -0.394. The average Bonchev–Trinajstić information content (AvgIpc) is 3.35. The van der Waals surface area contributed by atoms with Crippen molar-refractivity contribution in [2.45, 2.75) is 19.9 Å². The van der Waals surface area contributed by atoms with Crippen LogP contribution in [0.2, 0.25) is 0 Å². The lowest BCUT2D eigenvalue weighted by molar-refractivity contribution is -0.116. The number of cyclic esters (lactones) is 1. The van der Waals surface area contributed by atoms with Crippen LogP contribution in [0, 0.1) is 0 Å². The van der Waals surface area contributed by atoms with Crippen LogP contribution in [-0.2, 0) is 29.5 Å². The van der Waals surface area contributed by atoms with Crippen molar-refractivity contribution in [1.82, 2.24) is 19.3 Å². The lowest BCUT2D eigenvalue weighted by atomic mass is 10.2. The van der Waals surface area contributed by atoms with Gasteiger partial charge in [0.1, 0.15) is 19.0 Å². The zero-order valence-electron chi connectivity index (χ0n) is 15.2. The first-order valence-electron chi connectivity index (χ1n) is 8.78. The van der Waals surface area contributed by atoms with Crippen LogP contribution in [0.25, 0.3) is 10.9 Å². The molecular formula is C18H20N6O3. The second kappa shape index (κ2) is 6.75. The van der Waals surface area contributed by atoms with Crippen LogP contribution in [0.15, 0.2) is 30.6 Å². The van der Waals surface area contributed by atoms with Crippen LogP contribution >= 0.6 is 0 Å². The van der Waals surface area contributed by atoms with Crippen molar-refractivity contribution < 1.29 is 14.3 Å². The van der Waals surface area contributed by atoms with Gasteiger partial charge >= 0.3 is 6.09 Å². The summed E-state index contributed by atoms with van der Waals surface area (Å²) in [4.78, 5) is 30.4. The van der Waals surface area contributed by atoms with Gasteiger partial charge in [0.2, 0.25) is 5.91 Å². The standard InChI is InChI=1S/C18H20N6O3/c1-3-14-19-7-8-23(14)11-15(25)20-17-16-12(22(2)21-17)5-4-6-13(16)24-9-10-27-18(24)26/h4-8H,3,9-11H2,1-2H3,(H,20,21,25). The largest absolute Gasteiger partial charge is 0.447 e. The van der Waals surface area contributed by atoms with E-state index in [1.807, 2.05) is 25.1 Å². The first kappa shape index (κ1) is 17.1. The van der Waals surface area contributed by atoms with Crippen LogP contribution in [0.3, 0.4) is 0 Å². The Morgan fingerprint density at radius 3 is 2.96 bits per heavy atom. The normalized spacial score (nSPS) is 14.0. The molecule has 1 N–H and O–H groups in total. The maximum atomic E-state index is 12.6. The second-order valence-corrected chi connectivity index (χ2v) is 6.28. The highest BCUT2D eigenvalue weighted by Crippen LogP contribution is 2.34. The molecule has 0 spiro atoms. The van der Waals surface area contributed by atoms with Gasteiger partial charge in [-0.3, -0.25) is 14.4 Å². The van der Waals surface area contributed by atoms with E-state index in [1.54, 1.807) is 33.6 Å². The number of hydrogen-bond acceptors (Lipinski definition) is 5. The van der Waals surface area contributed by atoms with Gasteiger partial charge in [0, 0.05) is 25.9 Å². The molecular weight excluding hydrogens is 348 g/mol. The van der Waals surface area contributed by atoms with Crippen molar-refractivity contribution in [3.05, 3.63) is 36.4 Å². The monoisotopic (exact) mass is 368 g/mol. The number of imidazole rings is 1.